The molecule has 0 aliphatic heterocycles. The molecule has 2 aromatic heterocycles. The normalized spacial score (nSPS) is 13.7. The summed E-state index contributed by atoms with van der Waals surface area (Å²) in [5.41, 5.74) is 3.75. The minimum absolute atomic E-state index is 0.128. The van der Waals surface area contributed by atoms with Crippen molar-refractivity contribution in [3.63, 3.8) is 0 Å². The summed E-state index contributed by atoms with van der Waals surface area (Å²) < 4.78 is 40.7. The zero-order chi connectivity index (χ0) is 24.2. The first-order valence-electron chi connectivity index (χ1n) is 11.0. The predicted molar refractivity (Wildman–Crippen MR) is 127 cm³/mol. The average Bonchev–Trinajstić information content (AvgIpc) is 3.24. The molecular weight excluding hydrogens is 497 g/mol. The van der Waals surface area contributed by atoms with E-state index in [-0.39, 0.29) is 18.5 Å². The first kappa shape index (κ1) is 25.1. The molecule has 3 aromatic rings. The van der Waals surface area contributed by atoms with Gasteiger partial charge in [-0.1, -0.05) is 28.9 Å². The van der Waals surface area contributed by atoms with E-state index in [4.69, 9.17) is 0 Å². The van der Waals surface area contributed by atoms with Crippen molar-refractivity contribution in [1.29, 1.82) is 0 Å². The van der Waals surface area contributed by atoms with E-state index in [0.29, 0.717) is 13.0 Å². The second kappa shape index (κ2) is 10.6. The molecule has 0 radical (unpaired) electrons. The highest BCUT2D eigenvalue weighted by molar-refractivity contribution is 9.10. The van der Waals surface area contributed by atoms with E-state index in [2.05, 4.69) is 26.2 Å². The van der Waals surface area contributed by atoms with Crippen LogP contribution in [-0.4, -0.2) is 39.1 Å². The minimum atomic E-state index is -4.23. The fourth-order valence-corrected chi connectivity index (χ4v) is 4.33. The van der Waals surface area contributed by atoms with Crippen LogP contribution in [0.1, 0.15) is 51.6 Å². The van der Waals surface area contributed by atoms with Crippen molar-refractivity contribution >= 4 is 27.6 Å². The number of aromatic nitrogens is 2. The van der Waals surface area contributed by atoms with E-state index >= 15 is 0 Å². The van der Waals surface area contributed by atoms with Crippen molar-refractivity contribution in [1.82, 2.24) is 19.6 Å². The van der Waals surface area contributed by atoms with Crippen molar-refractivity contribution in [3.05, 3.63) is 59.0 Å². The lowest BCUT2D eigenvalue weighted by molar-refractivity contribution is -0.136. The molecule has 0 saturated carbocycles. The van der Waals surface area contributed by atoms with Gasteiger partial charge in [0.25, 0.3) is 0 Å². The number of carbonyl (C=O) groups excluding carboxylic acids is 1. The molecule has 9 heteroatoms. The lowest BCUT2D eigenvalue weighted by Crippen LogP contribution is -2.45. The lowest BCUT2D eigenvalue weighted by atomic mass is 10.00. The molecule has 5 nitrogen and oxygen atoms in total. The number of benzene rings is 1. The van der Waals surface area contributed by atoms with E-state index in [1.807, 2.05) is 61.0 Å². The second-order valence-corrected chi connectivity index (χ2v) is 8.87. The molecule has 0 fully saturated rings. The van der Waals surface area contributed by atoms with Crippen molar-refractivity contribution in [2.75, 3.05) is 6.54 Å². The summed E-state index contributed by atoms with van der Waals surface area (Å²) in [4.78, 5) is 18.8. The van der Waals surface area contributed by atoms with Crippen LogP contribution in [-0.2, 0) is 0 Å². The standard InChI is InChI=1S/C24H28BrF3N4O/c1-4-19(10-11-24(26,27)28)30-23(33)32(5-2)16(3)17-6-8-21(25)20(14-17)18-7-9-22-29-12-13-31(22)15-18/h6-9,12-16,19H,4-5,10-11H2,1-3H3,(H,30,33). The molecule has 2 unspecified atom stereocenters. The molecule has 3 rings (SSSR count). The van der Waals surface area contributed by atoms with Gasteiger partial charge in [0, 0.05) is 42.1 Å². The third-order valence-electron chi connectivity index (χ3n) is 5.84. The number of rotatable bonds is 8. The number of hydrogen-bond acceptors (Lipinski definition) is 2. The Morgan fingerprint density at radius 3 is 2.67 bits per heavy atom. The van der Waals surface area contributed by atoms with Crippen LogP contribution in [0, 0.1) is 0 Å². The van der Waals surface area contributed by atoms with Crippen LogP contribution in [0.5, 0.6) is 0 Å². The molecule has 33 heavy (non-hydrogen) atoms. The van der Waals surface area contributed by atoms with Crippen LogP contribution in [0.25, 0.3) is 16.8 Å². The van der Waals surface area contributed by atoms with Crippen LogP contribution in [0.15, 0.2) is 53.4 Å². The summed E-state index contributed by atoms with van der Waals surface area (Å²) in [6.07, 6.45) is 0.777. The zero-order valence-electron chi connectivity index (χ0n) is 18.9. The van der Waals surface area contributed by atoms with Gasteiger partial charge in [-0.15, -0.1) is 0 Å². The molecule has 0 aliphatic rings. The minimum Gasteiger partial charge on any atom is -0.335 e. The fraction of sp³-hybridized carbons (Fsp3) is 0.417. The molecule has 2 amide bonds. The van der Waals surface area contributed by atoms with Gasteiger partial charge < -0.3 is 14.6 Å². The summed E-state index contributed by atoms with van der Waals surface area (Å²) >= 11 is 3.62. The number of alkyl halides is 3. The number of nitrogens with one attached hydrogen (secondary N) is 1. The van der Waals surface area contributed by atoms with Crippen molar-refractivity contribution < 1.29 is 18.0 Å². The quantitative estimate of drug-likeness (QED) is 0.345. The second-order valence-electron chi connectivity index (χ2n) is 8.02. The summed E-state index contributed by atoms with van der Waals surface area (Å²) in [6.45, 7) is 5.99. The van der Waals surface area contributed by atoms with Crippen molar-refractivity contribution in [2.24, 2.45) is 0 Å². The summed E-state index contributed by atoms with van der Waals surface area (Å²) in [5.74, 6) is 0. The maximum absolute atomic E-state index is 12.9. The Morgan fingerprint density at radius 2 is 2.00 bits per heavy atom. The number of fused-ring (bicyclic) bond motifs is 1. The Morgan fingerprint density at radius 1 is 1.24 bits per heavy atom. The molecular formula is C24H28BrF3N4O. The van der Waals surface area contributed by atoms with Gasteiger partial charge in [-0.3, -0.25) is 0 Å². The largest absolute Gasteiger partial charge is 0.389 e. The highest BCUT2D eigenvalue weighted by Gasteiger charge is 2.29. The van der Waals surface area contributed by atoms with Gasteiger partial charge in [0.1, 0.15) is 5.65 Å². The maximum Gasteiger partial charge on any atom is 0.389 e. The predicted octanol–water partition coefficient (Wildman–Crippen LogP) is 6.98. The number of urea groups is 1. The molecule has 1 N–H and O–H groups in total. The van der Waals surface area contributed by atoms with E-state index in [1.165, 1.54) is 0 Å². The number of hydrogen-bond donors (Lipinski definition) is 1. The van der Waals surface area contributed by atoms with Gasteiger partial charge in [-0.05, 0) is 67.6 Å². The van der Waals surface area contributed by atoms with Crippen LogP contribution in [0.4, 0.5) is 18.0 Å². The zero-order valence-corrected chi connectivity index (χ0v) is 20.4. The number of carbonyl (C=O) groups is 1. The lowest BCUT2D eigenvalue weighted by Gasteiger charge is -2.31. The van der Waals surface area contributed by atoms with Gasteiger partial charge in [0.2, 0.25) is 0 Å². The first-order chi connectivity index (χ1) is 15.6. The average molecular weight is 525 g/mol. The van der Waals surface area contributed by atoms with Crippen LogP contribution >= 0.6 is 15.9 Å². The maximum atomic E-state index is 12.9. The highest BCUT2D eigenvalue weighted by Crippen LogP contribution is 2.33. The Balaban J connectivity index is 1.79. The Bertz CT molecular complexity index is 1100. The number of nitrogens with zero attached hydrogens (tertiary/aromatic N) is 3. The molecule has 1 aromatic carbocycles. The smallest absolute Gasteiger partial charge is 0.335 e. The fourth-order valence-electron chi connectivity index (χ4n) is 3.85. The van der Waals surface area contributed by atoms with Gasteiger partial charge in [0.15, 0.2) is 0 Å². The van der Waals surface area contributed by atoms with Crippen LogP contribution in [0.3, 0.4) is 0 Å². The van der Waals surface area contributed by atoms with Gasteiger partial charge in [-0.2, -0.15) is 13.2 Å². The van der Waals surface area contributed by atoms with E-state index in [0.717, 1.165) is 26.8 Å². The molecule has 2 atom stereocenters. The van der Waals surface area contributed by atoms with Gasteiger partial charge in [0.05, 0.1) is 6.04 Å². The Hall–Kier alpha value is -2.55. The topological polar surface area (TPSA) is 49.6 Å². The van der Waals surface area contributed by atoms with E-state index in [1.54, 1.807) is 18.0 Å². The van der Waals surface area contributed by atoms with Crippen LogP contribution in [0.2, 0.25) is 0 Å². The molecule has 0 saturated heterocycles. The monoisotopic (exact) mass is 524 g/mol. The highest BCUT2D eigenvalue weighted by atomic mass is 79.9. The number of amides is 2. The number of imidazole rings is 1. The molecule has 2 heterocycles. The Labute approximate surface area is 200 Å². The third kappa shape index (κ3) is 6.28. The molecule has 0 bridgehead atoms. The summed E-state index contributed by atoms with van der Waals surface area (Å²) in [7, 11) is 0. The molecule has 0 spiro atoms. The molecule has 0 aliphatic carbocycles. The summed E-state index contributed by atoms with van der Waals surface area (Å²) in [6, 6.07) is 8.71. The third-order valence-corrected chi connectivity index (χ3v) is 6.53. The van der Waals surface area contributed by atoms with Crippen LogP contribution < -0.4 is 5.32 Å². The SMILES string of the molecule is CCC(CCC(F)(F)F)NC(=O)N(CC)C(C)c1ccc(Br)c(-c2ccc3nccn3c2)c1. The first-order valence-corrected chi connectivity index (χ1v) is 11.8. The van der Waals surface area contributed by atoms with Crippen molar-refractivity contribution in [2.45, 2.75) is 58.3 Å². The van der Waals surface area contributed by atoms with Gasteiger partial charge >= 0.3 is 12.2 Å². The van der Waals surface area contributed by atoms with E-state index < -0.39 is 18.6 Å². The number of halogens is 4. The summed E-state index contributed by atoms with van der Waals surface area (Å²) in [5, 5.41) is 2.78. The number of pyridine rings is 1. The van der Waals surface area contributed by atoms with Crippen molar-refractivity contribution in [3.8, 4) is 11.1 Å². The Kier molecular flexibility index (Phi) is 8.05. The molecule has 178 valence electrons. The van der Waals surface area contributed by atoms with E-state index in [9.17, 15) is 18.0 Å². The van der Waals surface area contributed by atoms with Gasteiger partial charge in [-0.25, -0.2) is 9.78 Å².